The Labute approximate surface area is 138 Å². The number of benzene rings is 2. The molecule has 1 N–H and O–H groups in total. The highest BCUT2D eigenvalue weighted by molar-refractivity contribution is 6.05. The van der Waals surface area contributed by atoms with E-state index < -0.39 is 0 Å². The summed E-state index contributed by atoms with van der Waals surface area (Å²) in [5, 5.41) is 2.98. The van der Waals surface area contributed by atoms with Gasteiger partial charge < -0.3 is 10.2 Å². The van der Waals surface area contributed by atoms with E-state index in [2.05, 4.69) is 29.3 Å². The van der Waals surface area contributed by atoms with Gasteiger partial charge in [0, 0.05) is 30.0 Å². The molecule has 0 unspecified atom stereocenters. The van der Waals surface area contributed by atoms with E-state index in [1.807, 2.05) is 43.3 Å². The summed E-state index contributed by atoms with van der Waals surface area (Å²) in [5.41, 5.74) is 3.80. The maximum atomic E-state index is 12.3. The standard InChI is InChI=1S/C20H24N2O/c1-15-11-13-22(14-12-15)18-9-7-17(8-10-18)21-20(23)19-6-4-3-5-16(19)2/h3-10,15H,11-14H2,1-2H3,(H,21,23). The normalized spacial score (nSPS) is 15.5. The van der Waals surface area contributed by atoms with Crippen LogP contribution in [0.5, 0.6) is 0 Å². The molecule has 2 aromatic carbocycles. The third-order valence-corrected chi connectivity index (χ3v) is 4.66. The van der Waals surface area contributed by atoms with Crippen LogP contribution >= 0.6 is 0 Å². The number of hydrogen-bond donors (Lipinski definition) is 1. The molecule has 1 aliphatic heterocycles. The summed E-state index contributed by atoms with van der Waals surface area (Å²) in [5.74, 6) is 0.779. The largest absolute Gasteiger partial charge is 0.372 e. The van der Waals surface area contributed by atoms with Crippen LogP contribution in [0.15, 0.2) is 48.5 Å². The summed E-state index contributed by atoms with van der Waals surface area (Å²) < 4.78 is 0. The molecule has 120 valence electrons. The van der Waals surface area contributed by atoms with Gasteiger partial charge in [-0.1, -0.05) is 25.1 Å². The molecule has 0 aliphatic carbocycles. The topological polar surface area (TPSA) is 32.3 Å². The van der Waals surface area contributed by atoms with Gasteiger partial charge in [-0.2, -0.15) is 0 Å². The van der Waals surface area contributed by atoms with E-state index in [0.717, 1.165) is 35.8 Å². The lowest BCUT2D eigenvalue weighted by atomic mass is 9.99. The molecule has 1 aliphatic rings. The average molecular weight is 308 g/mol. The Morgan fingerprint density at radius 1 is 1.04 bits per heavy atom. The fourth-order valence-corrected chi connectivity index (χ4v) is 3.05. The lowest BCUT2D eigenvalue weighted by Crippen LogP contribution is -2.32. The van der Waals surface area contributed by atoms with Crippen LogP contribution in [0.1, 0.15) is 35.7 Å². The van der Waals surface area contributed by atoms with E-state index in [9.17, 15) is 4.79 Å². The van der Waals surface area contributed by atoms with E-state index >= 15 is 0 Å². The molecule has 0 saturated carbocycles. The molecule has 0 atom stereocenters. The Kier molecular flexibility index (Phi) is 4.65. The third-order valence-electron chi connectivity index (χ3n) is 4.66. The molecule has 3 nitrogen and oxygen atoms in total. The number of nitrogens with one attached hydrogen (secondary N) is 1. The van der Waals surface area contributed by atoms with Crippen molar-refractivity contribution in [2.24, 2.45) is 5.92 Å². The van der Waals surface area contributed by atoms with E-state index in [1.54, 1.807) is 0 Å². The summed E-state index contributed by atoms with van der Waals surface area (Å²) in [4.78, 5) is 14.8. The number of piperidine rings is 1. The Morgan fingerprint density at radius 3 is 2.35 bits per heavy atom. The number of carbonyl (C=O) groups excluding carboxylic acids is 1. The number of hydrogen-bond acceptors (Lipinski definition) is 2. The van der Waals surface area contributed by atoms with Gasteiger partial charge in [0.1, 0.15) is 0 Å². The van der Waals surface area contributed by atoms with Crippen molar-refractivity contribution in [2.45, 2.75) is 26.7 Å². The zero-order valence-electron chi connectivity index (χ0n) is 13.9. The number of nitrogens with zero attached hydrogens (tertiary/aromatic N) is 1. The molecule has 1 fully saturated rings. The van der Waals surface area contributed by atoms with Crippen molar-refractivity contribution in [3.05, 3.63) is 59.7 Å². The van der Waals surface area contributed by atoms with Crippen molar-refractivity contribution in [2.75, 3.05) is 23.3 Å². The Morgan fingerprint density at radius 2 is 1.70 bits per heavy atom. The van der Waals surface area contributed by atoms with Gasteiger partial charge in [-0.3, -0.25) is 4.79 Å². The monoisotopic (exact) mass is 308 g/mol. The average Bonchev–Trinajstić information content (AvgIpc) is 2.57. The molecule has 0 aromatic heterocycles. The number of carbonyl (C=O) groups is 1. The minimum absolute atomic E-state index is 0.0531. The first kappa shape index (κ1) is 15.6. The molecular weight excluding hydrogens is 284 g/mol. The highest BCUT2D eigenvalue weighted by Gasteiger charge is 2.16. The first-order valence-electron chi connectivity index (χ1n) is 8.35. The first-order valence-corrected chi connectivity index (χ1v) is 8.35. The summed E-state index contributed by atoms with van der Waals surface area (Å²) in [6, 6.07) is 15.8. The van der Waals surface area contributed by atoms with Crippen molar-refractivity contribution in [3.63, 3.8) is 0 Å². The fraction of sp³-hybridized carbons (Fsp3) is 0.350. The molecule has 1 amide bonds. The van der Waals surface area contributed by atoms with E-state index in [-0.39, 0.29) is 5.91 Å². The Bertz CT molecular complexity index is 670. The van der Waals surface area contributed by atoms with Crippen LogP contribution in [-0.4, -0.2) is 19.0 Å². The van der Waals surface area contributed by atoms with E-state index in [4.69, 9.17) is 0 Å². The van der Waals surface area contributed by atoms with Gasteiger partial charge in [-0.15, -0.1) is 0 Å². The van der Waals surface area contributed by atoms with Gasteiger partial charge in [0.05, 0.1) is 0 Å². The van der Waals surface area contributed by atoms with Gasteiger partial charge in [0.25, 0.3) is 5.91 Å². The third kappa shape index (κ3) is 3.73. The van der Waals surface area contributed by atoms with Crippen LogP contribution in [0, 0.1) is 12.8 Å². The molecule has 1 saturated heterocycles. The molecule has 23 heavy (non-hydrogen) atoms. The molecule has 0 spiro atoms. The van der Waals surface area contributed by atoms with Crippen molar-refractivity contribution >= 4 is 17.3 Å². The van der Waals surface area contributed by atoms with Crippen LogP contribution in [-0.2, 0) is 0 Å². The maximum Gasteiger partial charge on any atom is 0.255 e. The van der Waals surface area contributed by atoms with Gasteiger partial charge in [0.15, 0.2) is 0 Å². The van der Waals surface area contributed by atoms with Gasteiger partial charge in [-0.25, -0.2) is 0 Å². The Hall–Kier alpha value is -2.29. The maximum absolute atomic E-state index is 12.3. The lowest BCUT2D eigenvalue weighted by Gasteiger charge is -2.32. The lowest BCUT2D eigenvalue weighted by molar-refractivity contribution is 0.102. The van der Waals surface area contributed by atoms with Crippen molar-refractivity contribution < 1.29 is 4.79 Å². The van der Waals surface area contributed by atoms with Crippen molar-refractivity contribution in [1.82, 2.24) is 0 Å². The van der Waals surface area contributed by atoms with Crippen molar-refractivity contribution in [1.29, 1.82) is 0 Å². The molecule has 1 heterocycles. The molecule has 0 radical (unpaired) electrons. The SMILES string of the molecule is Cc1ccccc1C(=O)Nc1ccc(N2CCC(C)CC2)cc1. The van der Waals surface area contributed by atoms with Crippen LogP contribution < -0.4 is 10.2 Å². The number of anilines is 2. The number of amides is 1. The number of aryl methyl sites for hydroxylation is 1. The highest BCUT2D eigenvalue weighted by atomic mass is 16.1. The summed E-state index contributed by atoms with van der Waals surface area (Å²) >= 11 is 0. The second-order valence-electron chi connectivity index (χ2n) is 6.49. The molecule has 2 aromatic rings. The summed E-state index contributed by atoms with van der Waals surface area (Å²) in [6.07, 6.45) is 2.51. The first-order chi connectivity index (χ1) is 11.1. The zero-order valence-corrected chi connectivity index (χ0v) is 13.9. The molecule has 3 heteroatoms. The van der Waals surface area contributed by atoms with Crippen molar-refractivity contribution in [3.8, 4) is 0 Å². The van der Waals surface area contributed by atoms with Gasteiger partial charge in [-0.05, 0) is 61.6 Å². The number of rotatable bonds is 3. The molecule has 0 bridgehead atoms. The minimum Gasteiger partial charge on any atom is -0.372 e. The second kappa shape index (κ2) is 6.86. The molecular formula is C20H24N2O. The van der Waals surface area contributed by atoms with E-state index in [1.165, 1.54) is 18.5 Å². The van der Waals surface area contributed by atoms with Crippen LogP contribution in [0.3, 0.4) is 0 Å². The Balaban J connectivity index is 1.66. The van der Waals surface area contributed by atoms with Crippen LogP contribution in [0.2, 0.25) is 0 Å². The predicted molar refractivity (Wildman–Crippen MR) is 96.2 cm³/mol. The summed E-state index contributed by atoms with van der Waals surface area (Å²) in [7, 11) is 0. The van der Waals surface area contributed by atoms with Crippen LogP contribution in [0.4, 0.5) is 11.4 Å². The minimum atomic E-state index is -0.0531. The highest BCUT2D eigenvalue weighted by Crippen LogP contribution is 2.24. The van der Waals surface area contributed by atoms with Gasteiger partial charge in [0.2, 0.25) is 0 Å². The summed E-state index contributed by atoms with van der Waals surface area (Å²) in [6.45, 7) is 6.52. The van der Waals surface area contributed by atoms with Gasteiger partial charge >= 0.3 is 0 Å². The molecule has 3 rings (SSSR count). The fourth-order valence-electron chi connectivity index (χ4n) is 3.05. The predicted octanol–water partition coefficient (Wildman–Crippen LogP) is 4.48. The van der Waals surface area contributed by atoms with Crippen LogP contribution in [0.25, 0.3) is 0 Å². The smallest absolute Gasteiger partial charge is 0.255 e. The zero-order chi connectivity index (χ0) is 16.2. The quantitative estimate of drug-likeness (QED) is 0.906. The van der Waals surface area contributed by atoms with E-state index in [0.29, 0.717) is 0 Å². The second-order valence-corrected chi connectivity index (χ2v) is 6.49.